The van der Waals surface area contributed by atoms with Crippen molar-refractivity contribution in [1.29, 1.82) is 0 Å². The number of amides is 2. The second-order valence-electron chi connectivity index (χ2n) is 15.8. The molecule has 0 unspecified atom stereocenters. The van der Waals surface area contributed by atoms with Gasteiger partial charge < -0.3 is 51.3 Å². The van der Waals surface area contributed by atoms with Gasteiger partial charge in [0.2, 0.25) is 0 Å². The minimum Gasteiger partial charge on any atom is -0.465 e. The molecule has 0 aromatic carbocycles. The molecule has 0 aliphatic heterocycles. The van der Waals surface area contributed by atoms with Gasteiger partial charge in [-0.25, -0.2) is 28.3 Å². The van der Waals surface area contributed by atoms with Gasteiger partial charge in [-0.1, -0.05) is 0 Å². The molecule has 2 aliphatic carbocycles. The maximum absolute atomic E-state index is 13.7. The number of ether oxygens (including phenoxy) is 4. The van der Waals surface area contributed by atoms with Gasteiger partial charge in [0.05, 0.1) is 37.0 Å². The molecule has 0 radical (unpaired) electrons. The number of rotatable bonds is 12. The molecule has 2 fully saturated rings. The van der Waals surface area contributed by atoms with Crippen LogP contribution in [0.5, 0.6) is 0 Å². The van der Waals surface area contributed by atoms with Crippen molar-refractivity contribution >= 4 is 52.9 Å². The zero-order valence-corrected chi connectivity index (χ0v) is 35.4. The van der Waals surface area contributed by atoms with Crippen LogP contribution in [0.25, 0.3) is 0 Å². The van der Waals surface area contributed by atoms with Crippen molar-refractivity contribution in [3.05, 3.63) is 36.2 Å². The summed E-state index contributed by atoms with van der Waals surface area (Å²) in [6, 6.07) is 2.73. The molecule has 7 N–H and O–H groups in total. The third-order valence-electron chi connectivity index (χ3n) is 8.22. The van der Waals surface area contributed by atoms with Crippen LogP contribution in [0.15, 0.2) is 24.5 Å². The lowest BCUT2D eigenvalue weighted by Gasteiger charge is -2.31. The number of carbonyl (C=O) groups excluding carboxylic acids is 5. The number of esters is 2. The third-order valence-corrected chi connectivity index (χ3v) is 8.22. The van der Waals surface area contributed by atoms with Gasteiger partial charge in [0.1, 0.15) is 53.3 Å². The van der Waals surface area contributed by atoms with Crippen molar-refractivity contribution in [3.8, 4) is 0 Å². The number of pyridine rings is 2. The van der Waals surface area contributed by atoms with E-state index in [1.165, 1.54) is 6.07 Å². The molecule has 2 aliphatic rings. The van der Waals surface area contributed by atoms with Crippen LogP contribution < -0.4 is 32.3 Å². The van der Waals surface area contributed by atoms with Gasteiger partial charge in [0, 0.05) is 43.1 Å². The van der Waals surface area contributed by atoms with Gasteiger partial charge in [0.25, 0.3) is 0 Å². The number of ketones is 1. The molecule has 59 heavy (non-hydrogen) atoms. The van der Waals surface area contributed by atoms with E-state index in [1.807, 2.05) is 41.5 Å². The Kier molecular flexibility index (Phi) is 20.6. The van der Waals surface area contributed by atoms with Crippen molar-refractivity contribution in [2.45, 2.75) is 136 Å². The highest BCUT2D eigenvalue weighted by molar-refractivity contribution is 5.80. The molecular formula is C40H62F2N8O9. The van der Waals surface area contributed by atoms with Gasteiger partial charge in [-0.05, 0) is 93.9 Å². The summed E-state index contributed by atoms with van der Waals surface area (Å²) in [5.41, 5.74) is 5.12. The Labute approximate surface area is 345 Å². The number of carbonyl (C=O) groups is 5. The summed E-state index contributed by atoms with van der Waals surface area (Å²) >= 11 is 0. The predicted octanol–water partition coefficient (Wildman–Crippen LogP) is 6.24. The number of nitrogens with zero attached hydrogens (tertiary/aromatic N) is 2. The average molecular weight is 837 g/mol. The predicted molar refractivity (Wildman–Crippen MR) is 219 cm³/mol. The Hall–Kier alpha value is -5.49. The fourth-order valence-corrected chi connectivity index (χ4v) is 5.66. The van der Waals surface area contributed by atoms with Crippen LogP contribution in [0.3, 0.4) is 0 Å². The summed E-state index contributed by atoms with van der Waals surface area (Å²) in [6.45, 7) is 14.9. The van der Waals surface area contributed by atoms with Crippen molar-refractivity contribution < 1.29 is 51.7 Å². The number of nitrogens with one attached hydrogen (secondary N) is 5. The maximum atomic E-state index is 13.7. The number of anilines is 4. The van der Waals surface area contributed by atoms with Crippen LogP contribution in [0.4, 0.5) is 41.4 Å². The maximum Gasteiger partial charge on any atom is 0.407 e. The minimum atomic E-state index is -0.528. The van der Waals surface area contributed by atoms with Crippen molar-refractivity contribution in [1.82, 2.24) is 20.6 Å². The second kappa shape index (κ2) is 24.4. The third kappa shape index (κ3) is 21.7. The van der Waals surface area contributed by atoms with Crippen LogP contribution in [-0.4, -0.2) is 95.5 Å². The summed E-state index contributed by atoms with van der Waals surface area (Å²) in [4.78, 5) is 64.5. The minimum absolute atomic E-state index is 0.0450. The zero-order chi connectivity index (χ0) is 44.2. The highest BCUT2D eigenvalue weighted by Crippen LogP contribution is 2.27. The number of halogens is 2. The number of aromatic nitrogens is 2. The summed E-state index contributed by atoms with van der Waals surface area (Å²) in [7, 11) is 0. The van der Waals surface area contributed by atoms with E-state index in [2.05, 4.69) is 41.3 Å². The van der Waals surface area contributed by atoms with Crippen molar-refractivity contribution in [3.63, 3.8) is 0 Å². The van der Waals surface area contributed by atoms with E-state index in [1.54, 1.807) is 13.8 Å². The topological polar surface area (TPSA) is 234 Å². The molecular weight excluding hydrogens is 774 g/mol. The Morgan fingerprint density at radius 1 is 0.695 bits per heavy atom. The molecule has 0 saturated heterocycles. The van der Waals surface area contributed by atoms with E-state index in [9.17, 15) is 32.8 Å². The van der Waals surface area contributed by atoms with E-state index < -0.39 is 40.9 Å². The van der Waals surface area contributed by atoms with Crippen LogP contribution in [0.2, 0.25) is 0 Å². The monoisotopic (exact) mass is 836 g/mol. The highest BCUT2D eigenvalue weighted by Gasteiger charge is 2.26. The number of hydrogen-bond acceptors (Lipinski definition) is 15. The molecule has 2 heterocycles. The smallest absolute Gasteiger partial charge is 0.407 e. The van der Waals surface area contributed by atoms with Gasteiger partial charge in [-0.3, -0.25) is 14.4 Å². The van der Waals surface area contributed by atoms with E-state index in [0.29, 0.717) is 37.6 Å². The fraction of sp³-hybridized carbons (Fsp3) is 0.625. The number of Topliss-reactive ketones (excluding diaryl/α,β-unsaturated/α-hetero) is 1. The summed E-state index contributed by atoms with van der Waals surface area (Å²) < 4.78 is 46.3. The van der Waals surface area contributed by atoms with Crippen molar-refractivity contribution in [2.75, 3.05) is 48.0 Å². The van der Waals surface area contributed by atoms with E-state index in [0.717, 1.165) is 57.0 Å². The molecule has 0 bridgehead atoms. The van der Waals surface area contributed by atoms with Crippen LogP contribution in [-0.2, 0) is 33.3 Å². The van der Waals surface area contributed by atoms with Crippen LogP contribution >= 0.6 is 0 Å². The number of nitrogens with two attached hydrogens (primary N) is 1. The zero-order valence-electron chi connectivity index (χ0n) is 35.4. The molecule has 2 saturated carbocycles. The Bertz CT molecular complexity index is 1670. The Morgan fingerprint density at radius 2 is 1.12 bits per heavy atom. The van der Waals surface area contributed by atoms with E-state index >= 15 is 0 Å². The fourth-order valence-electron chi connectivity index (χ4n) is 5.66. The van der Waals surface area contributed by atoms with Gasteiger partial charge >= 0.3 is 24.1 Å². The lowest BCUT2D eigenvalue weighted by atomic mass is 9.91. The van der Waals surface area contributed by atoms with E-state index in [4.69, 9.17) is 19.9 Å². The first-order valence-corrected chi connectivity index (χ1v) is 19.8. The van der Waals surface area contributed by atoms with E-state index in [-0.39, 0.29) is 54.6 Å². The summed E-state index contributed by atoms with van der Waals surface area (Å²) in [6.07, 6.45) is 7.09. The Morgan fingerprint density at radius 3 is 1.58 bits per heavy atom. The molecule has 330 valence electrons. The van der Waals surface area contributed by atoms with Gasteiger partial charge in [-0.2, -0.15) is 0 Å². The molecule has 2 aromatic heterocycles. The normalized spacial score (nSPS) is 16.7. The lowest BCUT2D eigenvalue weighted by Crippen LogP contribution is -2.42. The first-order chi connectivity index (χ1) is 27.7. The largest absolute Gasteiger partial charge is 0.465 e. The number of hydrogen-bond donors (Lipinski definition) is 6. The van der Waals surface area contributed by atoms with Gasteiger partial charge in [0.15, 0.2) is 0 Å². The standard InChI is InChI=1S/C20H31FN4O4.C11H19NO3.C9H12FN3O2/c1-5-28-17(26)12-23-18-16(10-13(21)11-22-18)24-14-6-8-15(9-7-14)25-19(27)29-20(2,3)4;1-11(2,3)15-10(14)12-8-4-6-9(13)7-5-8;1-2-15-8(14)5-13-9-7(11)3-6(10)4-12-9/h10-11,14-15,24H,5-9,12H2,1-4H3,(H,22,23)(H,25,27);8H,4-7H2,1-3H3,(H,12,14);3-4H,2,5,11H2,1H3,(H,12,13). The molecule has 0 spiro atoms. The average Bonchev–Trinajstić information content (AvgIpc) is 3.12. The molecule has 2 aromatic rings. The first kappa shape index (κ1) is 49.7. The molecule has 2 amide bonds. The van der Waals surface area contributed by atoms with Crippen molar-refractivity contribution in [2.24, 2.45) is 0 Å². The lowest BCUT2D eigenvalue weighted by molar-refractivity contribution is -0.141. The highest BCUT2D eigenvalue weighted by atomic mass is 19.1. The van der Waals surface area contributed by atoms with Crippen LogP contribution in [0, 0.1) is 11.6 Å². The van der Waals surface area contributed by atoms with Crippen LogP contribution in [0.1, 0.15) is 107 Å². The molecule has 0 atom stereocenters. The molecule has 17 nitrogen and oxygen atoms in total. The quantitative estimate of drug-likeness (QED) is 0.103. The molecule has 19 heteroatoms. The second-order valence-corrected chi connectivity index (χ2v) is 15.8. The summed E-state index contributed by atoms with van der Waals surface area (Å²) in [5, 5.41) is 14.5. The molecule has 4 rings (SSSR count). The SMILES string of the molecule is CC(C)(C)OC(=O)NC1CCC(=O)CC1.CCOC(=O)CNc1ncc(F)cc1N.CCOC(=O)CNc1ncc(F)cc1NC1CCC(NC(=O)OC(C)(C)C)CC1. The number of nitrogen functional groups attached to an aromatic ring is 1. The van der Waals surface area contributed by atoms with Gasteiger partial charge in [-0.15, -0.1) is 0 Å². The summed E-state index contributed by atoms with van der Waals surface area (Å²) in [5.74, 6) is -0.847. The number of alkyl carbamates (subject to hydrolysis) is 2. The first-order valence-electron chi connectivity index (χ1n) is 19.8. The Balaban J connectivity index is 0.000000336.